The summed E-state index contributed by atoms with van der Waals surface area (Å²) in [7, 11) is 0. The summed E-state index contributed by atoms with van der Waals surface area (Å²) in [6, 6.07) is -0.385. The zero-order valence-corrected chi connectivity index (χ0v) is 11.0. The summed E-state index contributed by atoms with van der Waals surface area (Å²) in [5, 5.41) is 3.00. The lowest BCUT2D eigenvalue weighted by Gasteiger charge is -2.34. The summed E-state index contributed by atoms with van der Waals surface area (Å²) < 4.78 is 0. The van der Waals surface area contributed by atoms with Gasteiger partial charge in [-0.2, -0.15) is 0 Å². The van der Waals surface area contributed by atoms with Gasteiger partial charge in [0.2, 0.25) is 5.91 Å². The lowest BCUT2D eigenvalue weighted by molar-refractivity contribution is -0.124. The molecule has 0 aliphatic carbocycles. The molecule has 0 aliphatic rings. The maximum atomic E-state index is 11.6. The number of amides is 1. The lowest BCUT2D eigenvalue weighted by Crippen LogP contribution is -2.51. The third-order valence-corrected chi connectivity index (χ3v) is 2.21. The molecule has 3 N–H and O–H groups in total. The van der Waals surface area contributed by atoms with Crippen molar-refractivity contribution in [2.45, 2.75) is 66.0 Å². The van der Waals surface area contributed by atoms with Crippen LogP contribution >= 0.6 is 0 Å². The minimum atomic E-state index is -0.385. The van der Waals surface area contributed by atoms with E-state index < -0.39 is 0 Å². The Morgan fingerprint density at radius 1 is 1.27 bits per heavy atom. The van der Waals surface area contributed by atoms with Gasteiger partial charge in [-0.25, -0.2) is 0 Å². The van der Waals surface area contributed by atoms with Crippen molar-refractivity contribution in [2.24, 2.45) is 11.1 Å². The van der Waals surface area contributed by atoms with Gasteiger partial charge in [0, 0.05) is 5.54 Å². The molecule has 0 rings (SSSR count). The second-order valence-electron chi connectivity index (χ2n) is 6.13. The van der Waals surface area contributed by atoms with Crippen molar-refractivity contribution < 1.29 is 4.79 Å². The van der Waals surface area contributed by atoms with E-state index in [1.54, 1.807) is 0 Å². The van der Waals surface area contributed by atoms with Crippen LogP contribution in [0.2, 0.25) is 0 Å². The van der Waals surface area contributed by atoms with Gasteiger partial charge in [-0.3, -0.25) is 4.79 Å². The third kappa shape index (κ3) is 6.50. The largest absolute Gasteiger partial charge is 0.350 e. The molecule has 0 radical (unpaired) electrons. The zero-order chi connectivity index (χ0) is 12.3. The Labute approximate surface area is 93.8 Å². The minimum Gasteiger partial charge on any atom is -0.350 e. The van der Waals surface area contributed by atoms with Gasteiger partial charge in [0.1, 0.15) is 0 Å². The number of rotatable bonds is 4. The Balaban J connectivity index is 4.32. The maximum absolute atomic E-state index is 11.6. The Morgan fingerprint density at radius 2 is 1.73 bits per heavy atom. The molecule has 0 aliphatic heterocycles. The molecule has 3 nitrogen and oxygen atoms in total. The molecule has 3 heteroatoms. The molecule has 0 aromatic carbocycles. The first kappa shape index (κ1) is 14.4. The predicted molar refractivity (Wildman–Crippen MR) is 64.6 cm³/mol. The summed E-state index contributed by atoms with van der Waals surface area (Å²) in [4.78, 5) is 11.6. The van der Waals surface area contributed by atoms with E-state index in [1.807, 2.05) is 20.8 Å². The van der Waals surface area contributed by atoms with Crippen LogP contribution in [0.4, 0.5) is 0 Å². The fourth-order valence-corrected chi connectivity index (χ4v) is 1.98. The fraction of sp³-hybridized carbons (Fsp3) is 0.917. The summed E-state index contributed by atoms with van der Waals surface area (Å²) in [5.74, 6) is -0.0493. The smallest absolute Gasteiger partial charge is 0.237 e. The van der Waals surface area contributed by atoms with Gasteiger partial charge >= 0.3 is 0 Å². The average Bonchev–Trinajstić information content (AvgIpc) is 1.96. The first-order valence-corrected chi connectivity index (χ1v) is 5.65. The molecule has 15 heavy (non-hydrogen) atoms. The molecule has 0 spiro atoms. The van der Waals surface area contributed by atoms with E-state index in [0.717, 1.165) is 6.42 Å². The fourth-order valence-electron chi connectivity index (χ4n) is 1.98. The second kappa shape index (κ2) is 4.97. The van der Waals surface area contributed by atoms with Crippen LogP contribution in [0, 0.1) is 5.41 Å². The van der Waals surface area contributed by atoms with E-state index in [4.69, 9.17) is 5.73 Å². The molecule has 0 bridgehead atoms. The van der Waals surface area contributed by atoms with Crippen LogP contribution in [0.3, 0.4) is 0 Å². The van der Waals surface area contributed by atoms with Crippen molar-refractivity contribution in [3.8, 4) is 0 Å². The van der Waals surface area contributed by atoms with Crippen LogP contribution in [0.5, 0.6) is 0 Å². The van der Waals surface area contributed by atoms with Crippen molar-refractivity contribution in [3.63, 3.8) is 0 Å². The van der Waals surface area contributed by atoms with Crippen LogP contribution in [0.25, 0.3) is 0 Å². The van der Waals surface area contributed by atoms with Crippen LogP contribution in [0.1, 0.15) is 54.4 Å². The standard InChI is InChI=1S/C12H26N2O/c1-7-9(13)10(15)14-12(5,6)8-11(2,3)4/h9H,7-8,13H2,1-6H3,(H,14,15)/t9-/m0/s1. The third-order valence-electron chi connectivity index (χ3n) is 2.21. The molecule has 0 aromatic rings. The average molecular weight is 214 g/mol. The highest BCUT2D eigenvalue weighted by atomic mass is 16.2. The first-order valence-electron chi connectivity index (χ1n) is 5.65. The topological polar surface area (TPSA) is 55.1 Å². The summed E-state index contributed by atoms with van der Waals surface area (Å²) >= 11 is 0. The maximum Gasteiger partial charge on any atom is 0.237 e. The summed E-state index contributed by atoms with van der Waals surface area (Å²) in [6.07, 6.45) is 1.61. The van der Waals surface area contributed by atoms with E-state index in [0.29, 0.717) is 6.42 Å². The molecule has 1 atom stereocenters. The molecule has 90 valence electrons. The Bertz CT molecular complexity index is 216. The van der Waals surface area contributed by atoms with Crippen molar-refractivity contribution in [2.75, 3.05) is 0 Å². The molecule has 0 saturated heterocycles. The highest BCUT2D eigenvalue weighted by Gasteiger charge is 2.28. The number of nitrogens with one attached hydrogen (secondary N) is 1. The van der Waals surface area contributed by atoms with Crippen LogP contribution < -0.4 is 11.1 Å². The van der Waals surface area contributed by atoms with Crippen molar-refractivity contribution >= 4 is 5.91 Å². The molecule has 0 aromatic heterocycles. The molecule has 0 saturated carbocycles. The lowest BCUT2D eigenvalue weighted by atomic mass is 9.81. The van der Waals surface area contributed by atoms with Gasteiger partial charge < -0.3 is 11.1 Å². The van der Waals surface area contributed by atoms with Gasteiger partial charge in [-0.15, -0.1) is 0 Å². The molecule has 0 fully saturated rings. The van der Waals surface area contributed by atoms with Gasteiger partial charge in [-0.1, -0.05) is 27.7 Å². The van der Waals surface area contributed by atoms with Crippen LogP contribution in [-0.2, 0) is 4.79 Å². The van der Waals surface area contributed by atoms with E-state index in [1.165, 1.54) is 0 Å². The van der Waals surface area contributed by atoms with E-state index in [9.17, 15) is 4.79 Å². The normalized spacial score (nSPS) is 14.9. The van der Waals surface area contributed by atoms with Gasteiger partial charge in [0.05, 0.1) is 6.04 Å². The summed E-state index contributed by atoms with van der Waals surface area (Å²) in [6.45, 7) is 12.5. The number of carbonyl (C=O) groups excluding carboxylic acids is 1. The van der Waals surface area contributed by atoms with E-state index in [-0.39, 0.29) is 22.9 Å². The van der Waals surface area contributed by atoms with Gasteiger partial charge in [0.15, 0.2) is 0 Å². The highest BCUT2D eigenvalue weighted by molar-refractivity contribution is 5.82. The molecule has 1 amide bonds. The second-order valence-corrected chi connectivity index (χ2v) is 6.13. The number of hydrogen-bond acceptors (Lipinski definition) is 2. The molecule has 0 unspecified atom stereocenters. The molecular formula is C12H26N2O. The Kier molecular flexibility index (Phi) is 4.78. The van der Waals surface area contributed by atoms with Crippen molar-refractivity contribution in [1.82, 2.24) is 5.32 Å². The minimum absolute atomic E-state index is 0.0493. The zero-order valence-electron chi connectivity index (χ0n) is 11.0. The molecule has 0 heterocycles. The number of hydrogen-bond donors (Lipinski definition) is 2. The first-order chi connectivity index (χ1) is 6.57. The van der Waals surface area contributed by atoms with Crippen LogP contribution in [0.15, 0.2) is 0 Å². The van der Waals surface area contributed by atoms with Crippen molar-refractivity contribution in [3.05, 3.63) is 0 Å². The monoisotopic (exact) mass is 214 g/mol. The Morgan fingerprint density at radius 3 is 2.07 bits per heavy atom. The van der Waals surface area contributed by atoms with Crippen LogP contribution in [-0.4, -0.2) is 17.5 Å². The van der Waals surface area contributed by atoms with Crippen molar-refractivity contribution in [1.29, 1.82) is 0 Å². The summed E-state index contributed by atoms with van der Waals surface area (Å²) in [5.41, 5.74) is 5.68. The van der Waals surface area contributed by atoms with E-state index in [2.05, 4.69) is 26.1 Å². The highest BCUT2D eigenvalue weighted by Crippen LogP contribution is 2.26. The predicted octanol–water partition coefficient (Wildman–Crippen LogP) is 2.05. The number of carbonyl (C=O) groups is 1. The quantitative estimate of drug-likeness (QED) is 0.752. The SMILES string of the molecule is CC[C@H](N)C(=O)NC(C)(C)CC(C)(C)C. The van der Waals surface area contributed by atoms with Gasteiger partial charge in [0.25, 0.3) is 0 Å². The van der Waals surface area contributed by atoms with E-state index >= 15 is 0 Å². The number of nitrogens with two attached hydrogens (primary N) is 1. The molecular weight excluding hydrogens is 188 g/mol. The van der Waals surface area contributed by atoms with Gasteiger partial charge in [-0.05, 0) is 32.1 Å². The Hall–Kier alpha value is -0.570.